The first-order chi connectivity index (χ1) is 5.70. The van der Waals surface area contributed by atoms with E-state index in [1.165, 1.54) is 0 Å². The third-order valence-corrected chi connectivity index (χ3v) is 3.32. The van der Waals surface area contributed by atoms with Gasteiger partial charge in [-0.2, -0.15) is 0 Å². The molecule has 0 unspecified atom stereocenters. The second-order valence-corrected chi connectivity index (χ2v) is 3.91. The van der Waals surface area contributed by atoms with Gasteiger partial charge in [0.25, 0.3) is 0 Å². The van der Waals surface area contributed by atoms with Gasteiger partial charge in [-0.15, -0.1) is 0 Å². The Morgan fingerprint density at radius 1 is 1.50 bits per heavy atom. The van der Waals surface area contributed by atoms with Gasteiger partial charge < -0.3 is 0 Å². The molecule has 0 atom stereocenters. The number of Topliss-reactive ketones (excluding diaryl/α,β-unsaturated/α-hetero) is 1. The lowest BCUT2D eigenvalue weighted by atomic mass is 9.97. The smallest absolute Gasteiger partial charge is 0.164 e. The minimum Gasteiger partial charge on any atom is -0.294 e. The second-order valence-electron chi connectivity index (χ2n) is 3.20. The Hall–Kier alpha value is -0.570. The van der Waals surface area contributed by atoms with E-state index < -0.39 is 0 Å². The number of hydrogen-bond donors (Lipinski definition) is 0. The first kappa shape index (κ1) is 8.05. The van der Waals surface area contributed by atoms with Gasteiger partial charge in [0.05, 0.1) is 16.1 Å². The third-order valence-electron chi connectivity index (χ3n) is 2.33. The molecule has 1 aromatic heterocycles. The van der Waals surface area contributed by atoms with Gasteiger partial charge in [-0.3, -0.25) is 8.39 Å². The molecule has 0 bridgehead atoms. The van der Waals surface area contributed by atoms with Gasteiger partial charge in [0.15, 0.2) is 5.78 Å². The van der Waals surface area contributed by atoms with Crippen LogP contribution < -0.4 is 0 Å². The van der Waals surface area contributed by atoms with E-state index in [4.69, 9.17) is 0 Å². The van der Waals surface area contributed by atoms with Crippen LogP contribution in [0.3, 0.4) is 0 Å². The maximum Gasteiger partial charge on any atom is 0.164 e. The zero-order valence-electron chi connectivity index (χ0n) is 6.93. The topological polar surface area (TPSA) is 22.0 Å². The molecule has 0 N–H and O–H groups in total. The Balaban J connectivity index is 2.60. The van der Waals surface area contributed by atoms with Crippen LogP contribution in [0.4, 0.5) is 0 Å². The lowest BCUT2D eigenvalue weighted by Crippen LogP contribution is -2.10. The minimum absolute atomic E-state index is 0.289. The molecule has 1 aromatic rings. The monoisotopic (exact) mass is 227 g/mol. The van der Waals surface area contributed by atoms with Gasteiger partial charge >= 0.3 is 0 Å². The highest BCUT2D eigenvalue weighted by Crippen LogP contribution is 2.26. The number of carbonyl (C=O) groups is 1. The predicted molar refractivity (Wildman–Crippen MR) is 50.8 cm³/mol. The third kappa shape index (κ3) is 1.04. The second kappa shape index (κ2) is 2.73. The van der Waals surface area contributed by atoms with Crippen molar-refractivity contribution in [2.75, 3.05) is 0 Å². The molecule has 0 spiro atoms. The van der Waals surface area contributed by atoms with E-state index >= 15 is 0 Å². The van der Waals surface area contributed by atoms with Crippen LogP contribution >= 0.6 is 16.1 Å². The molecule has 0 saturated heterocycles. The number of ketones is 1. The number of halogens is 1. The van der Waals surface area contributed by atoms with Crippen molar-refractivity contribution in [2.45, 2.75) is 26.2 Å². The van der Waals surface area contributed by atoms with E-state index in [0.29, 0.717) is 6.42 Å². The number of hydrogen-bond acceptors (Lipinski definition) is 1. The lowest BCUT2D eigenvalue weighted by Gasteiger charge is -2.10. The van der Waals surface area contributed by atoms with Crippen molar-refractivity contribution in [1.82, 2.24) is 3.59 Å². The Morgan fingerprint density at radius 2 is 2.25 bits per heavy atom. The average Bonchev–Trinajstić information content (AvgIpc) is 2.32. The average molecular weight is 228 g/mol. The molecular formula is C9H10BrNO. The summed E-state index contributed by atoms with van der Waals surface area (Å²) in [7, 11) is 0. The van der Waals surface area contributed by atoms with Gasteiger partial charge in [-0.25, -0.2) is 0 Å². The zero-order chi connectivity index (χ0) is 8.72. The summed E-state index contributed by atoms with van der Waals surface area (Å²) >= 11 is 3.43. The van der Waals surface area contributed by atoms with Crippen molar-refractivity contribution in [3.8, 4) is 0 Å². The Kier molecular flexibility index (Phi) is 1.83. The maximum atomic E-state index is 11.4. The quantitative estimate of drug-likeness (QED) is 0.668. The summed E-state index contributed by atoms with van der Waals surface area (Å²) in [5, 5.41) is 0. The van der Waals surface area contributed by atoms with E-state index in [-0.39, 0.29) is 5.78 Å². The van der Waals surface area contributed by atoms with Crippen LogP contribution in [-0.4, -0.2) is 9.38 Å². The summed E-state index contributed by atoms with van der Waals surface area (Å²) in [6.07, 6.45) is 2.71. The molecule has 0 amide bonds. The van der Waals surface area contributed by atoms with Gasteiger partial charge in [0.1, 0.15) is 0 Å². The van der Waals surface area contributed by atoms with Crippen molar-refractivity contribution in [1.29, 1.82) is 0 Å². The first-order valence-electron chi connectivity index (χ1n) is 4.10. The molecule has 0 radical (unpaired) electrons. The number of fused-ring (bicyclic) bond motifs is 1. The number of nitrogens with zero attached hydrogens (tertiary/aromatic N) is 1. The molecule has 3 heteroatoms. The van der Waals surface area contributed by atoms with Crippen molar-refractivity contribution in [3.05, 3.63) is 23.0 Å². The normalized spacial score (nSPS) is 16.3. The Labute approximate surface area is 79.9 Å². The van der Waals surface area contributed by atoms with Crippen LogP contribution in [0.15, 0.2) is 6.07 Å². The molecule has 1 heterocycles. The van der Waals surface area contributed by atoms with Gasteiger partial charge in [0, 0.05) is 23.4 Å². The first-order valence-corrected chi connectivity index (χ1v) is 4.81. The molecule has 2 nitrogen and oxygen atoms in total. The number of aromatic nitrogens is 1. The Morgan fingerprint density at radius 3 is 2.92 bits per heavy atom. The summed E-state index contributed by atoms with van der Waals surface area (Å²) in [6.45, 7) is 2.00. The molecule has 1 aliphatic carbocycles. The Bertz CT molecular complexity index is 341. The molecule has 1 aliphatic rings. The highest BCUT2D eigenvalue weighted by atomic mass is 79.9. The van der Waals surface area contributed by atoms with E-state index in [0.717, 1.165) is 29.8 Å². The van der Waals surface area contributed by atoms with Crippen LogP contribution in [0.25, 0.3) is 0 Å². The molecule has 64 valence electrons. The summed E-state index contributed by atoms with van der Waals surface area (Å²) in [5.74, 6) is 0.289. The molecule has 0 aliphatic heterocycles. The van der Waals surface area contributed by atoms with Crippen LogP contribution in [0, 0.1) is 6.92 Å². The summed E-state index contributed by atoms with van der Waals surface area (Å²) < 4.78 is 1.94. The maximum absolute atomic E-state index is 11.4. The number of carbonyl (C=O) groups excluding carboxylic acids is 1. The molecule has 12 heavy (non-hydrogen) atoms. The van der Waals surface area contributed by atoms with Crippen molar-refractivity contribution < 1.29 is 4.79 Å². The van der Waals surface area contributed by atoms with E-state index in [9.17, 15) is 4.79 Å². The van der Waals surface area contributed by atoms with Crippen molar-refractivity contribution >= 4 is 21.9 Å². The van der Waals surface area contributed by atoms with E-state index in [1.54, 1.807) is 0 Å². The summed E-state index contributed by atoms with van der Waals surface area (Å²) in [5.41, 5.74) is 3.16. The number of aryl methyl sites for hydroxylation is 1. The highest BCUT2D eigenvalue weighted by molar-refractivity contribution is 9.08. The van der Waals surface area contributed by atoms with Crippen LogP contribution in [0.5, 0.6) is 0 Å². The van der Waals surface area contributed by atoms with E-state index in [1.807, 2.05) is 16.6 Å². The summed E-state index contributed by atoms with van der Waals surface area (Å²) in [4.78, 5) is 11.4. The van der Waals surface area contributed by atoms with Crippen molar-refractivity contribution in [3.63, 3.8) is 0 Å². The molecular weight excluding hydrogens is 218 g/mol. The van der Waals surface area contributed by atoms with Crippen molar-refractivity contribution in [2.24, 2.45) is 0 Å². The fraction of sp³-hybridized carbons (Fsp3) is 0.444. The SMILES string of the molecule is Cc1cc2c(n1Br)CCCC2=O. The van der Waals surface area contributed by atoms with Crippen LogP contribution in [-0.2, 0) is 6.42 Å². The standard InChI is InChI=1S/C9H10BrNO/c1-6-5-7-8(11(6)10)3-2-4-9(7)12/h5H,2-4H2,1H3. The largest absolute Gasteiger partial charge is 0.294 e. The predicted octanol–water partition coefficient (Wildman–Crippen LogP) is 2.47. The molecule has 0 fully saturated rings. The van der Waals surface area contributed by atoms with E-state index in [2.05, 4.69) is 16.1 Å². The van der Waals surface area contributed by atoms with Crippen LogP contribution in [0.1, 0.15) is 34.6 Å². The van der Waals surface area contributed by atoms with Gasteiger partial charge in [0.2, 0.25) is 0 Å². The molecule has 2 rings (SSSR count). The summed E-state index contributed by atoms with van der Waals surface area (Å²) in [6, 6.07) is 1.96. The van der Waals surface area contributed by atoms with Gasteiger partial charge in [-0.05, 0) is 25.8 Å². The fourth-order valence-electron chi connectivity index (χ4n) is 1.69. The minimum atomic E-state index is 0.289. The van der Waals surface area contributed by atoms with Gasteiger partial charge in [-0.1, -0.05) is 0 Å². The molecule has 0 aromatic carbocycles. The highest BCUT2D eigenvalue weighted by Gasteiger charge is 2.21. The fourth-order valence-corrected chi connectivity index (χ4v) is 2.16. The molecule has 0 saturated carbocycles. The zero-order valence-corrected chi connectivity index (χ0v) is 8.52. The number of rotatable bonds is 0. The van der Waals surface area contributed by atoms with Crippen LogP contribution in [0.2, 0.25) is 0 Å². The lowest BCUT2D eigenvalue weighted by molar-refractivity contribution is 0.0972.